The van der Waals surface area contributed by atoms with Crippen molar-refractivity contribution in [2.75, 3.05) is 0 Å². The van der Waals surface area contributed by atoms with Crippen molar-refractivity contribution in [1.29, 1.82) is 0 Å². The third-order valence-electron chi connectivity index (χ3n) is 3.84. The van der Waals surface area contributed by atoms with Crippen LogP contribution in [0.2, 0.25) is 0 Å². The van der Waals surface area contributed by atoms with Crippen LogP contribution < -0.4 is 0 Å². The van der Waals surface area contributed by atoms with Crippen molar-refractivity contribution in [3.63, 3.8) is 0 Å². The molecule has 0 aliphatic heterocycles. The number of aliphatic hydroxyl groups is 1. The molecule has 14 heavy (non-hydrogen) atoms. The Morgan fingerprint density at radius 1 is 1.29 bits per heavy atom. The fraction of sp³-hybridized carbons (Fsp3) is 0.909. The summed E-state index contributed by atoms with van der Waals surface area (Å²) in [5.41, 5.74) is -0.611. The zero-order valence-electron chi connectivity index (χ0n) is 8.57. The highest BCUT2D eigenvalue weighted by Crippen LogP contribution is 2.51. The highest BCUT2D eigenvalue weighted by atomic mass is 16.4. The zero-order chi connectivity index (χ0) is 10.3. The Balaban J connectivity index is 2.23. The lowest BCUT2D eigenvalue weighted by atomic mass is 9.58. The summed E-state index contributed by atoms with van der Waals surface area (Å²) in [7, 11) is 0. The van der Waals surface area contributed by atoms with E-state index >= 15 is 0 Å². The molecule has 0 aromatic heterocycles. The largest absolute Gasteiger partial charge is 0.481 e. The molecule has 4 unspecified atom stereocenters. The Labute approximate surface area is 84.1 Å². The van der Waals surface area contributed by atoms with Gasteiger partial charge in [-0.05, 0) is 43.9 Å². The first-order valence-electron chi connectivity index (χ1n) is 5.43. The third kappa shape index (κ3) is 1.54. The molecule has 2 aliphatic rings. The minimum Gasteiger partial charge on any atom is -0.481 e. The van der Waals surface area contributed by atoms with Gasteiger partial charge >= 0.3 is 5.97 Å². The molecule has 0 spiro atoms. The van der Waals surface area contributed by atoms with Crippen LogP contribution in [0.25, 0.3) is 0 Å². The second kappa shape index (κ2) is 3.23. The molecule has 0 radical (unpaired) electrons. The lowest BCUT2D eigenvalue weighted by molar-refractivity contribution is -0.160. The van der Waals surface area contributed by atoms with Gasteiger partial charge in [0.05, 0.1) is 11.5 Å². The van der Waals surface area contributed by atoms with Gasteiger partial charge in [0.2, 0.25) is 0 Å². The van der Waals surface area contributed by atoms with E-state index in [1.165, 1.54) is 0 Å². The van der Waals surface area contributed by atoms with E-state index in [0.717, 1.165) is 25.7 Å². The molecule has 3 heteroatoms. The molecular formula is C11H18O3. The Bertz CT molecular complexity index is 229. The summed E-state index contributed by atoms with van der Waals surface area (Å²) in [6.45, 7) is 2.13. The summed E-state index contributed by atoms with van der Waals surface area (Å²) in [6, 6.07) is 0. The fourth-order valence-corrected chi connectivity index (χ4v) is 3.57. The first-order valence-corrected chi connectivity index (χ1v) is 5.43. The summed E-state index contributed by atoms with van der Waals surface area (Å²) >= 11 is 0. The molecule has 0 aromatic carbocycles. The van der Waals surface area contributed by atoms with Gasteiger partial charge in [0, 0.05) is 0 Å². The molecule has 2 rings (SSSR count). The topological polar surface area (TPSA) is 57.5 Å². The maximum absolute atomic E-state index is 11.3. The number of carboxylic acid groups (broad SMARTS) is 1. The molecule has 2 saturated carbocycles. The van der Waals surface area contributed by atoms with Gasteiger partial charge in [-0.3, -0.25) is 4.79 Å². The molecule has 80 valence electrons. The first-order chi connectivity index (χ1) is 6.52. The van der Waals surface area contributed by atoms with Crippen LogP contribution in [0.4, 0.5) is 0 Å². The summed E-state index contributed by atoms with van der Waals surface area (Å²) in [5.74, 6) is 0.226. The van der Waals surface area contributed by atoms with Gasteiger partial charge in [-0.25, -0.2) is 0 Å². The maximum Gasteiger partial charge on any atom is 0.309 e. The number of fused-ring (bicyclic) bond motifs is 2. The van der Waals surface area contributed by atoms with E-state index in [1.54, 1.807) is 0 Å². The van der Waals surface area contributed by atoms with Crippen molar-refractivity contribution >= 4 is 5.97 Å². The second-order valence-corrected chi connectivity index (χ2v) is 5.29. The highest BCUT2D eigenvalue weighted by Gasteiger charge is 2.49. The molecule has 0 saturated heterocycles. The van der Waals surface area contributed by atoms with Crippen LogP contribution >= 0.6 is 0 Å². The van der Waals surface area contributed by atoms with Gasteiger partial charge < -0.3 is 10.2 Å². The van der Waals surface area contributed by atoms with Gasteiger partial charge in [-0.1, -0.05) is 6.92 Å². The summed E-state index contributed by atoms with van der Waals surface area (Å²) < 4.78 is 0. The van der Waals surface area contributed by atoms with Gasteiger partial charge in [0.1, 0.15) is 0 Å². The molecule has 2 aliphatic carbocycles. The van der Waals surface area contributed by atoms with Crippen molar-refractivity contribution in [3.8, 4) is 0 Å². The Morgan fingerprint density at radius 2 is 2.00 bits per heavy atom. The van der Waals surface area contributed by atoms with E-state index in [9.17, 15) is 15.0 Å². The molecule has 3 nitrogen and oxygen atoms in total. The average molecular weight is 198 g/mol. The van der Waals surface area contributed by atoms with Crippen LogP contribution in [0.15, 0.2) is 0 Å². The summed E-state index contributed by atoms with van der Waals surface area (Å²) in [4.78, 5) is 11.3. The van der Waals surface area contributed by atoms with Crippen molar-refractivity contribution < 1.29 is 15.0 Å². The van der Waals surface area contributed by atoms with Crippen molar-refractivity contribution in [2.45, 2.75) is 45.1 Å². The minimum absolute atomic E-state index is 0.391. The molecule has 2 bridgehead atoms. The van der Waals surface area contributed by atoms with E-state index in [-0.39, 0.29) is 0 Å². The van der Waals surface area contributed by atoms with E-state index in [0.29, 0.717) is 18.3 Å². The van der Waals surface area contributed by atoms with Gasteiger partial charge in [-0.2, -0.15) is 0 Å². The lowest BCUT2D eigenvalue weighted by Gasteiger charge is -2.46. The predicted octanol–water partition coefficient (Wildman–Crippen LogP) is 1.65. The zero-order valence-corrected chi connectivity index (χ0v) is 8.57. The highest BCUT2D eigenvalue weighted by molar-refractivity contribution is 5.75. The molecule has 4 atom stereocenters. The Kier molecular flexibility index (Phi) is 2.30. The minimum atomic E-state index is -0.701. The molecule has 0 amide bonds. The monoisotopic (exact) mass is 198 g/mol. The SMILES string of the molecule is CC1CC2CC(O)CC(C(=O)O)(C1)C2. The Hall–Kier alpha value is -0.570. The number of aliphatic carboxylic acids is 1. The lowest BCUT2D eigenvalue weighted by Crippen LogP contribution is -2.46. The number of hydrogen-bond donors (Lipinski definition) is 2. The maximum atomic E-state index is 11.3. The van der Waals surface area contributed by atoms with Crippen LogP contribution in [0.3, 0.4) is 0 Å². The molecule has 2 N–H and O–H groups in total. The standard InChI is InChI=1S/C11H18O3/c1-7-2-8-3-9(12)6-11(4-7,5-8)10(13)14/h7-9,12H,2-6H2,1H3,(H,13,14). The van der Waals surface area contributed by atoms with E-state index in [4.69, 9.17) is 0 Å². The predicted molar refractivity (Wildman–Crippen MR) is 51.8 cm³/mol. The van der Waals surface area contributed by atoms with Crippen LogP contribution in [0.1, 0.15) is 39.0 Å². The first kappa shape index (κ1) is 9.97. The summed E-state index contributed by atoms with van der Waals surface area (Å²) in [6.07, 6.45) is 3.49. The number of hydrogen-bond acceptors (Lipinski definition) is 2. The third-order valence-corrected chi connectivity index (χ3v) is 3.84. The second-order valence-electron chi connectivity index (χ2n) is 5.29. The molecule has 2 fully saturated rings. The van der Waals surface area contributed by atoms with Crippen LogP contribution in [-0.4, -0.2) is 22.3 Å². The number of rotatable bonds is 1. The quantitative estimate of drug-likeness (QED) is 0.673. The summed E-state index contributed by atoms with van der Waals surface area (Å²) in [5, 5.41) is 18.9. The van der Waals surface area contributed by atoms with E-state index in [2.05, 4.69) is 6.92 Å². The number of carboxylic acids is 1. The molecule has 0 aromatic rings. The Morgan fingerprint density at radius 3 is 2.64 bits per heavy atom. The van der Waals surface area contributed by atoms with Crippen LogP contribution in [0.5, 0.6) is 0 Å². The van der Waals surface area contributed by atoms with Gasteiger partial charge in [0.25, 0.3) is 0 Å². The average Bonchev–Trinajstić information content (AvgIpc) is 2.00. The van der Waals surface area contributed by atoms with Gasteiger partial charge in [0.15, 0.2) is 0 Å². The van der Waals surface area contributed by atoms with E-state index in [1.807, 2.05) is 0 Å². The molecular weight excluding hydrogens is 180 g/mol. The van der Waals surface area contributed by atoms with Crippen LogP contribution in [0, 0.1) is 17.3 Å². The molecule has 0 heterocycles. The van der Waals surface area contributed by atoms with Crippen molar-refractivity contribution in [3.05, 3.63) is 0 Å². The van der Waals surface area contributed by atoms with Crippen LogP contribution in [-0.2, 0) is 4.79 Å². The van der Waals surface area contributed by atoms with Crippen molar-refractivity contribution in [2.24, 2.45) is 17.3 Å². The fourth-order valence-electron chi connectivity index (χ4n) is 3.57. The van der Waals surface area contributed by atoms with E-state index < -0.39 is 17.5 Å². The van der Waals surface area contributed by atoms with Crippen molar-refractivity contribution in [1.82, 2.24) is 0 Å². The smallest absolute Gasteiger partial charge is 0.309 e. The number of carbonyl (C=O) groups is 1. The normalized spacial score (nSPS) is 47.4. The number of aliphatic hydroxyl groups excluding tert-OH is 1. The van der Waals surface area contributed by atoms with Gasteiger partial charge in [-0.15, -0.1) is 0 Å².